The molecule has 0 saturated carbocycles. The van der Waals surface area contributed by atoms with E-state index in [0.717, 1.165) is 0 Å². The van der Waals surface area contributed by atoms with Gasteiger partial charge in [0, 0.05) is 34.1 Å². The van der Waals surface area contributed by atoms with E-state index in [0.29, 0.717) is 42.2 Å². The van der Waals surface area contributed by atoms with Gasteiger partial charge in [0.1, 0.15) is 6.67 Å². The number of hydrogen-bond acceptors (Lipinski definition) is 2. The minimum absolute atomic E-state index is 0.503. The molecule has 4 aromatic rings. The van der Waals surface area contributed by atoms with Crippen LogP contribution in [-0.4, -0.2) is 19.6 Å². The molecule has 6 rings (SSSR count). The summed E-state index contributed by atoms with van der Waals surface area (Å²) in [5, 5.41) is 10.9. The molecule has 0 fully saturated rings. The van der Waals surface area contributed by atoms with Crippen molar-refractivity contribution in [2.75, 3.05) is 0 Å². The summed E-state index contributed by atoms with van der Waals surface area (Å²) in [5.74, 6) is 3.17. The van der Waals surface area contributed by atoms with Gasteiger partial charge in [-0.3, -0.25) is 0 Å². The van der Waals surface area contributed by atoms with Gasteiger partial charge in [0.05, 0.1) is 22.8 Å². The summed E-state index contributed by atoms with van der Waals surface area (Å²) in [6.07, 6.45) is 4.88. The van der Waals surface area contributed by atoms with Gasteiger partial charge < -0.3 is 0 Å². The largest absolute Gasteiger partial charge is 0.243 e. The van der Waals surface area contributed by atoms with Crippen molar-refractivity contribution in [2.24, 2.45) is 11.8 Å². The molecule has 2 aliphatic rings. The standard InChI is InChI=1S/C35H44N4/c1-22(2)28-19-17-24(5)30-32(28)36-38(34(30)26-13-9-7-10-14-26)21-39-35(27-15-11-8-12-16-27)31-25(6)18-20-29(23(3)4)33(31)37-39/h7-16,22-25,28-29H,17-21H2,1-6H3/t24-,25-,28-,29-/m1/s1. The first kappa shape index (κ1) is 26.1. The van der Waals surface area contributed by atoms with E-state index < -0.39 is 0 Å². The summed E-state index contributed by atoms with van der Waals surface area (Å²) >= 11 is 0. The molecule has 204 valence electrons. The molecular formula is C35H44N4. The number of rotatable bonds is 6. The van der Waals surface area contributed by atoms with Gasteiger partial charge in [-0.2, -0.15) is 10.2 Å². The van der Waals surface area contributed by atoms with Crippen LogP contribution >= 0.6 is 0 Å². The summed E-state index contributed by atoms with van der Waals surface area (Å²) in [4.78, 5) is 0. The van der Waals surface area contributed by atoms with Crippen LogP contribution in [0.4, 0.5) is 0 Å². The Morgan fingerprint density at radius 1 is 0.615 bits per heavy atom. The number of benzene rings is 2. The fourth-order valence-electron chi connectivity index (χ4n) is 7.36. The van der Waals surface area contributed by atoms with Crippen molar-refractivity contribution in [1.29, 1.82) is 0 Å². The van der Waals surface area contributed by atoms with Crippen LogP contribution in [0, 0.1) is 11.8 Å². The molecule has 0 saturated heterocycles. The molecule has 0 bridgehead atoms. The molecule has 4 heteroatoms. The van der Waals surface area contributed by atoms with Crippen LogP contribution in [0.25, 0.3) is 22.5 Å². The highest BCUT2D eigenvalue weighted by Crippen LogP contribution is 2.48. The molecule has 2 aromatic carbocycles. The Bertz CT molecular complexity index is 1320. The highest BCUT2D eigenvalue weighted by atomic mass is 15.4. The lowest BCUT2D eigenvalue weighted by Crippen LogP contribution is -2.17. The maximum absolute atomic E-state index is 5.45. The van der Waals surface area contributed by atoms with Gasteiger partial charge >= 0.3 is 0 Å². The molecular weight excluding hydrogens is 476 g/mol. The second-order valence-electron chi connectivity index (χ2n) is 12.8. The average molecular weight is 521 g/mol. The second kappa shape index (κ2) is 10.4. The van der Waals surface area contributed by atoms with Crippen molar-refractivity contribution in [3.8, 4) is 22.5 Å². The third-order valence-corrected chi connectivity index (χ3v) is 9.52. The Morgan fingerprint density at radius 3 is 1.36 bits per heavy atom. The zero-order chi connectivity index (χ0) is 27.3. The molecule has 0 unspecified atom stereocenters. The fraction of sp³-hybridized carbons (Fsp3) is 0.486. The topological polar surface area (TPSA) is 35.6 Å². The number of aromatic nitrogens is 4. The summed E-state index contributed by atoms with van der Waals surface area (Å²) in [7, 11) is 0. The summed E-state index contributed by atoms with van der Waals surface area (Å²) in [6, 6.07) is 21.9. The van der Waals surface area contributed by atoms with Crippen LogP contribution < -0.4 is 0 Å². The fourth-order valence-corrected chi connectivity index (χ4v) is 7.36. The van der Waals surface area contributed by atoms with Crippen molar-refractivity contribution in [1.82, 2.24) is 19.6 Å². The van der Waals surface area contributed by atoms with E-state index in [-0.39, 0.29) is 0 Å². The molecule has 0 radical (unpaired) electrons. The first-order chi connectivity index (χ1) is 18.8. The molecule has 4 nitrogen and oxygen atoms in total. The van der Waals surface area contributed by atoms with Gasteiger partial charge in [0.25, 0.3) is 0 Å². The summed E-state index contributed by atoms with van der Waals surface area (Å²) in [6.45, 7) is 14.8. The van der Waals surface area contributed by atoms with Gasteiger partial charge in [0.15, 0.2) is 0 Å². The van der Waals surface area contributed by atoms with Crippen molar-refractivity contribution in [3.63, 3.8) is 0 Å². The predicted molar refractivity (Wildman–Crippen MR) is 161 cm³/mol. The Balaban J connectivity index is 1.57. The van der Waals surface area contributed by atoms with Crippen LogP contribution in [-0.2, 0) is 6.67 Å². The van der Waals surface area contributed by atoms with E-state index in [9.17, 15) is 0 Å². The van der Waals surface area contributed by atoms with Crippen LogP contribution in [0.5, 0.6) is 0 Å². The molecule has 4 atom stereocenters. The third-order valence-electron chi connectivity index (χ3n) is 9.52. The van der Waals surface area contributed by atoms with Gasteiger partial charge in [-0.25, -0.2) is 9.36 Å². The van der Waals surface area contributed by atoms with Crippen molar-refractivity contribution in [3.05, 3.63) is 83.2 Å². The van der Waals surface area contributed by atoms with Crippen LogP contribution in [0.15, 0.2) is 60.7 Å². The third kappa shape index (κ3) is 4.56. The van der Waals surface area contributed by atoms with E-state index in [1.54, 1.807) is 0 Å². The van der Waals surface area contributed by atoms with Crippen molar-refractivity contribution >= 4 is 0 Å². The SMILES string of the molecule is CC(C)[C@H]1CC[C@@H](C)c2c1nn(Cn1nc3c(c1-c1ccccc1)[C@H](C)CC[C@@H]3C(C)C)c2-c1ccccc1. The van der Waals surface area contributed by atoms with Crippen molar-refractivity contribution in [2.45, 2.75) is 97.6 Å². The quantitative estimate of drug-likeness (QED) is 0.254. The normalized spacial score (nSPS) is 22.8. The maximum Gasteiger partial charge on any atom is 0.134 e. The molecule has 0 amide bonds. The van der Waals surface area contributed by atoms with E-state index in [4.69, 9.17) is 10.2 Å². The molecule has 0 spiro atoms. The van der Waals surface area contributed by atoms with Crippen LogP contribution in [0.2, 0.25) is 0 Å². The van der Waals surface area contributed by atoms with Crippen molar-refractivity contribution < 1.29 is 0 Å². The predicted octanol–water partition coefficient (Wildman–Crippen LogP) is 9.19. The molecule has 39 heavy (non-hydrogen) atoms. The van der Waals surface area contributed by atoms with E-state index in [1.165, 1.54) is 70.7 Å². The van der Waals surface area contributed by atoms with Crippen LogP contribution in [0.1, 0.15) is 113 Å². The molecule has 0 aliphatic heterocycles. The smallest absolute Gasteiger partial charge is 0.134 e. The van der Waals surface area contributed by atoms with E-state index in [1.807, 2.05) is 0 Å². The highest BCUT2D eigenvalue weighted by molar-refractivity contribution is 5.68. The zero-order valence-electron chi connectivity index (χ0n) is 24.6. The number of nitrogens with zero attached hydrogens (tertiary/aromatic N) is 4. The zero-order valence-corrected chi connectivity index (χ0v) is 24.6. The molecule has 2 aliphatic carbocycles. The van der Waals surface area contributed by atoms with Gasteiger partial charge in [0.2, 0.25) is 0 Å². The Labute approximate surface area is 234 Å². The van der Waals surface area contributed by atoms with Gasteiger partial charge in [-0.05, 0) is 49.4 Å². The van der Waals surface area contributed by atoms with Crippen LogP contribution in [0.3, 0.4) is 0 Å². The molecule has 2 heterocycles. The first-order valence-electron chi connectivity index (χ1n) is 15.2. The van der Waals surface area contributed by atoms with Gasteiger partial charge in [-0.1, -0.05) is 102 Å². The lowest BCUT2D eigenvalue weighted by molar-refractivity contribution is 0.394. The van der Waals surface area contributed by atoms with E-state index in [2.05, 4.69) is 112 Å². The first-order valence-corrected chi connectivity index (χ1v) is 15.2. The molecule has 0 N–H and O–H groups in total. The minimum atomic E-state index is 0.503. The monoisotopic (exact) mass is 520 g/mol. The Morgan fingerprint density at radius 2 is 1.00 bits per heavy atom. The Hall–Kier alpha value is -3.14. The summed E-state index contributed by atoms with van der Waals surface area (Å²) < 4.78 is 4.58. The lowest BCUT2D eigenvalue weighted by Gasteiger charge is -2.29. The lowest BCUT2D eigenvalue weighted by atomic mass is 9.75. The number of hydrogen-bond donors (Lipinski definition) is 0. The van der Waals surface area contributed by atoms with Gasteiger partial charge in [-0.15, -0.1) is 0 Å². The minimum Gasteiger partial charge on any atom is -0.243 e. The van der Waals surface area contributed by atoms with E-state index >= 15 is 0 Å². The average Bonchev–Trinajstić information content (AvgIpc) is 3.49. The highest BCUT2D eigenvalue weighted by Gasteiger charge is 2.36. The summed E-state index contributed by atoms with van der Waals surface area (Å²) in [5.41, 5.74) is 10.6. The maximum atomic E-state index is 5.45. The second-order valence-corrected chi connectivity index (χ2v) is 12.8. The molecule has 2 aromatic heterocycles. The number of fused-ring (bicyclic) bond motifs is 2. The Kier molecular flexibility index (Phi) is 6.99.